The number of amides is 1. The van der Waals surface area contributed by atoms with Gasteiger partial charge in [0.25, 0.3) is 5.91 Å². The number of hydrogen-bond acceptors (Lipinski definition) is 4. The van der Waals surface area contributed by atoms with E-state index in [9.17, 15) is 17.8 Å². The van der Waals surface area contributed by atoms with E-state index < -0.39 is 23.3 Å². The third kappa shape index (κ3) is 3.73. The largest absolute Gasteiger partial charge is 0.433 e. The summed E-state index contributed by atoms with van der Waals surface area (Å²) in [4.78, 5) is 12.9. The van der Waals surface area contributed by atoms with Crippen molar-refractivity contribution in [1.29, 1.82) is 0 Å². The Morgan fingerprint density at radius 3 is 2.95 bits per heavy atom. The number of halogens is 2. The molecule has 1 aromatic heterocycles. The normalized spacial score (nSPS) is 22.7. The van der Waals surface area contributed by atoms with Crippen LogP contribution in [0.25, 0.3) is 0 Å². The molecule has 2 atom stereocenters. The summed E-state index contributed by atoms with van der Waals surface area (Å²) in [7, 11) is -0.898. The molecule has 1 aliphatic rings. The predicted octanol–water partition coefficient (Wildman–Crippen LogP) is 1.91. The molecular formula is C11H13F2NO3S2. The van der Waals surface area contributed by atoms with Crippen LogP contribution in [0.1, 0.15) is 21.0 Å². The van der Waals surface area contributed by atoms with Gasteiger partial charge in [0.15, 0.2) is 0 Å². The fourth-order valence-electron chi connectivity index (χ4n) is 1.86. The second kappa shape index (κ2) is 5.96. The fourth-order valence-corrected chi connectivity index (χ4v) is 4.12. The van der Waals surface area contributed by atoms with Gasteiger partial charge in [-0.05, 0) is 19.4 Å². The number of ether oxygens (including phenoxy) is 1. The highest BCUT2D eigenvalue weighted by atomic mass is 32.2. The Bertz CT molecular complexity index is 504. The molecule has 0 bridgehead atoms. The zero-order chi connectivity index (χ0) is 14.0. The zero-order valence-corrected chi connectivity index (χ0v) is 11.8. The smallest absolute Gasteiger partial charge is 0.387 e. The van der Waals surface area contributed by atoms with Crippen LogP contribution in [0.5, 0.6) is 5.75 Å². The van der Waals surface area contributed by atoms with Crippen LogP contribution in [0.4, 0.5) is 8.78 Å². The van der Waals surface area contributed by atoms with Crippen LogP contribution in [-0.4, -0.2) is 34.3 Å². The third-order valence-electron chi connectivity index (χ3n) is 2.66. The number of carbonyl (C=O) groups excluding carboxylic acids is 1. The number of carbonyl (C=O) groups is 1. The first-order valence-corrected chi connectivity index (χ1v) is 7.97. The predicted molar refractivity (Wildman–Crippen MR) is 69.4 cm³/mol. The Hall–Kier alpha value is -1.02. The summed E-state index contributed by atoms with van der Waals surface area (Å²) in [6.07, 6.45) is 0.647. The maximum atomic E-state index is 12.2. The van der Waals surface area contributed by atoms with Gasteiger partial charge in [0.1, 0.15) is 10.6 Å². The average molecular weight is 309 g/mol. The average Bonchev–Trinajstić information content (AvgIpc) is 2.84. The number of thiophene rings is 1. The lowest BCUT2D eigenvalue weighted by atomic mass is 10.2. The van der Waals surface area contributed by atoms with Crippen molar-refractivity contribution >= 4 is 28.0 Å². The summed E-state index contributed by atoms with van der Waals surface area (Å²) in [5, 5.41) is 2.71. The van der Waals surface area contributed by atoms with Gasteiger partial charge in [0, 0.05) is 33.2 Å². The molecule has 8 heteroatoms. The van der Waals surface area contributed by atoms with Gasteiger partial charge in [-0.3, -0.25) is 9.00 Å². The minimum atomic E-state index is -2.96. The number of hydrogen-bond donors (Lipinski definition) is 1. The first-order chi connectivity index (χ1) is 8.95. The summed E-state index contributed by atoms with van der Waals surface area (Å²) in [6.45, 7) is -1.25. The molecule has 0 spiro atoms. The second-order valence-corrected chi connectivity index (χ2v) is 7.08. The van der Waals surface area contributed by atoms with Crippen LogP contribution in [-0.2, 0) is 10.8 Å². The third-order valence-corrected chi connectivity index (χ3v) is 5.16. The maximum absolute atomic E-state index is 12.2. The van der Waals surface area contributed by atoms with Crippen LogP contribution in [0.3, 0.4) is 0 Å². The van der Waals surface area contributed by atoms with E-state index in [4.69, 9.17) is 0 Å². The monoisotopic (exact) mass is 309 g/mol. The van der Waals surface area contributed by atoms with E-state index in [2.05, 4.69) is 10.1 Å². The highest BCUT2D eigenvalue weighted by Crippen LogP contribution is 2.30. The van der Waals surface area contributed by atoms with Crippen LogP contribution < -0.4 is 10.1 Å². The summed E-state index contributed by atoms with van der Waals surface area (Å²) in [5.74, 6) is 0.433. The van der Waals surface area contributed by atoms with Gasteiger partial charge >= 0.3 is 6.61 Å². The van der Waals surface area contributed by atoms with E-state index in [1.807, 2.05) is 0 Å². The van der Waals surface area contributed by atoms with E-state index in [-0.39, 0.29) is 16.7 Å². The molecule has 1 aliphatic heterocycles. The molecule has 0 aromatic carbocycles. The van der Waals surface area contributed by atoms with Crippen molar-refractivity contribution < 1.29 is 22.5 Å². The Labute approximate surface area is 115 Å². The number of rotatable bonds is 4. The Balaban J connectivity index is 2.07. The van der Waals surface area contributed by atoms with Gasteiger partial charge in [-0.15, -0.1) is 11.3 Å². The fraction of sp³-hybridized carbons (Fsp3) is 0.545. The molecule has 1 N–H and O–H groups in total. The molecular weight excluding hydrogens is 296 g/mol. The number of nitrogens with one attached hydrogen (secondary N) is 1. The molecule has 1 saturated heterocycles. The van der Waals surface area contributed by atoms with E-state index in [1.165, 1.54) is 6.07 Å². The molecule has 0 radical (unpaired) electrons. The summed E-state index contributed by atoms with van der Waals surface area (Å²) in [6, 6.07) is 1.26. The van der Waals surface area contributed by atoms with Crippen LogP contribution in [0.2, 0.25) is 0 Å². The summed E-state index contributed by atoms with van der Waals surface area (Å²) < 4.78 is 40.0. The Morgan fingerprint density at radius 2 is 2.37 bits per heavy atom. The molecule has 4 nitrogen and oxygen atoms in total. The molecule has 0 unspecified atom stereocenters. The van der Waals surface area contributed by atoms with Gasteiger partial charge in [-0.2, -0.15) is 8.78 Å². The topological polar surface area (TPSA) is 55.4 Å². The lowest BCUT2D eigenvalue weighted by Crippen LogP contribution is -2.35. The van der Waals surface area contributed by atoms with Crippen molar-refractivity contribution in [3.63, 3.8) is 0 Å². The number of aryl methyl sites for hydroxylation is 1. The molecule has 2 heterocycles. The van der Waals surface area contributed by atoms with Crippen molar-refractivity contribution in [2.24, 2.45) is 0 Å². The van der Waals surface area contributed by atoms with Gasteiger partial charge < -0.3 is 10.1 Å². The Morgan fingerprint density at radius 1 is 1.63 bits per heavy atom. The van der Waals surface area contributed by atoms with E-state index in [0.29, 0.717) is 17.9 Å². The zero-order valence-electron chi connectivity index (χ0n) is 10.2. The van der Waals surface area contributed by atoms with Gasteiger partial charge in [0.05, 0.1) is 0 Å². The second-order valence-electron chi connectivity index (χ2n) is 4.20. The highest BCUT2D eigenvalue weighted by Gasteiger charge is 2.26. The van der Waals surface area contributed by atoms with E-state index >= 15 is 0 Å². The van der Waals surface area contributed by atoms with Crippen molar-refractivity contribution in [3.8, 4) is 5.75 Å². The quantitative estimate of drug-likeness (QED) is 0.924. The first kappa shape index (κ1) is 14.4. The molecule has 1 amide bonds. The van der Waals surface area contributed by atoms with Gasteiger partial charge in [0.2, 0.25) is 0 Å². The Kier molecular flexibility index (Phi) is 4.51. The first-order valence-electron chi connectivity index (χ1n) is 5.67. The van der Waals surface area contributed by atoms with Crippen molar-refractivity contribution in [2.45, 2.75) is 26.0 Å². The molecule has 0 saturated carbocycles. The summed E-state index contributed by atoms with van der Waals surface area (Å²) in [5.41, 5.74) is 0. The highest BCUT2D eigenvalue weighted by molar-refractivity contribution is 7.85. The lowest BCUT2D eigenvalue weighted by molar-refractivity contribution is -0.0498. The van der Waals surface area contributed by atoms with Crippen molar-refractivity contribution in [1.82, 2.24) is 5.32 Å². The minimum absolute atomic E-state index is 0.103. The molecule has 1 fully saturated rings. The molecule has 0 aliphatic carbocycles. The van der Waals surface area contributed by atoms with Crippen LogP contribution in [0, 0.1) is 6.92 Å². The van der Waals surface area contributed by atoms with Crippen LogP contribution >= 0.6 is 11.3 Å². The lowest BCUT2D eigenvalue weighted by Gasteiger charge is -2.11. The van der Waals surface area contributed by atoms with E-state index in [1.54, 1.807) is 6.92 Å². The maximum Gasteiger partial charge on any atom is 0.387 e. The van der Waals surface area contributed by atoms with Gasteiger partial charge in [-0.1, -0.05) is 0 Å². The minimum Gasteiger partial charge on any atom is -0.433 e. The molecule has 19 heavy (non-hydrogen) atoms. The molecule has 2 rings (SSSR count). The van der Waals surface area contributed by atoms with Gasteiger partial charge in [-0.25, -0.2) is 0 Å². The van der Waals surface area contributed by atoms with Crippen LogP contribution in [0.15, 0.2) is 6.07 Å². The summed E-state index contributed by atoms with van der Waals surface area (Å²) >= 11 is 1.10. The van der Waals surface area contributed by atoms with Crippen molar-refractivity contribution in [3.05, 3.63) is 15.8 Å². The van der Waals surface area contributed by atoms with Crippen molar-refractivity contribution in [2.75, 3.05) is 11.5 Å². The molecule has 106 valence electrons. The SMILES string of the molecule is Cc1cc(OC(F)F)c(C(=O)N[C@H]2CC[S@@](=O)C2)s1. The standard InChI is InChI=1S/C11H13F2NO3S2/c1-6-4-8(17-11(12)13)9(18-6)10(15)14-7-2-3-19(16)5-7/h4,7,11H,2-3,5H2,1H3,(H,14,15)/t7-,19+/m0/s1. The number of alkyl halides is 2. The molecule has 1 aromatic rings. The van der Waals surface area contributed by atoms with E-state index in [0.717, 1.165) is 16.2 Å².